The first kappa shape index (κ1) is 19.2. The number of likely N-dealkylation sites (N-methyl/N-ethyl adjacent to an activating group) is 1. The van der Waals surface area contributed by atoms with Crippen molar-refractivity contribution in [2.75, 3.05) is 38.1 Å². The van der Waals surface area contributed by atoms with Crippen LogP contribution in [0.3, 0.4) is 0 Å². The molecule has 2 aromatic rings. The van der Waals surface area contributed by atoms with Crippen LogP contribution in [0.1, 0.15) is 5.82 Å². The minimum absolute atomic E-state index is 0.0718. The van der Waals surface area contributed by atoms with E-state index in [2.05, 4.69) is 26.9 Å². The molecule has 0 bridgehead atoms. The Labute approximate surface area is 170 Å². The van der Waals surface area contributed by atoms with Crippen LogP contribution in [0.25, 0.3) is 11.4 Å². The maximum atomic E-state index is 6.10. The van der Waals surface area contributed by atoms with Gasteiger partial charge in [-0.15, -0.1) is 0 Å². The maximum absolute atomic E-state index is 6.10. The molecule has 134 valence electrons. The van der Waals surface area contributed by atoms with Gasteiger partial charge in [0.2, 0.25) is 9.74 Å². The second-order valence-corrected chi connectivity index (χ2v) is 8.80. The lowest BCUT2D eigenvalue weighted by atomic mass is 10.2. The highest BCUT2D eigenvalue weighted by Crippen LogP contribution is 2.37. The molecule has 1 aliphatic heterocycles. The van der Waals surface area contributed by atoms with Crippen LogP contribution in [0.4, 0.5) is 5.95 Å². The molecule has 0 N–H and O–H groups in total. The lowest BCUT2D eigenvalue weighted by molar-refractivity contribution is 0.311. The molecule has 5 nitrogen and oxygen atoms in total. The highest BCUT2D eigenvalue weighted by atomic mass is 35.6. The zero-order valence-electron chi connectivity index (χ0n) is 13.2. The molecule has 3 rings (SSSR count). The van der Waals surface area contributed by atoms with Gasteiger partial charge in [-0.25, -0.2) is 4.98 Å². The Morgan fingerprint density at radius 3 is 2.20 bits per heavy atom. The average Bonchev–Trinajstić information content (AvgIpc) is 2.57. The van der Waals surface area contributed by atoms with Gasteiger partial charge in [-0.3, -0.25) is 0 Å². The standard InChI is InChI=1S/C15H14Cl5N5/c1-24-4-6-25(7-5-24)14-22-12(21-13(23-14)15(18,19)20)9-2-3-10(16)11(17)8-9/h2-3,8H,4-7H2,1H3. The van der Waals surface area contributed by atoms with Gasteiger partial charge in [-0.05, 0) is 25.2 Å². The smallest absolute Gasteiger partial charge is 0.250 e. The highest BCUT2D eigenvalue weighted by Gasteiger charge is 2.30. The molecule has 10 heteroatoms. The summed E-state index contributed by atoms with van der Waals surface area (Å²) in [6.45, 7) is 3.36. The molecular formula is C15H14Cl5N5. The van der Waals surface area contributed by atoms with E-state index >= 15 is 0 Å². The Bertz CT molecular complexity index is 771. The Balaban J connectivity index is 2.05. The quantitative estimate of drug-likeness (QED) is 0.646. The summed E-state index contributed by atoms with van der Waals surface area (Å²) in [7, 11) is 2.07. The van der Waals surface area contributed by atoms with Crippen molar-refractivity contribution in [3.63, 3.8) is 0 Å². The molecule has 0 aliphatic carbocycles. The summed E-state index contributed by atoms with van der Waals surface area (Å²) in [6, 6.07) is 5.11. The SMILES string of the molecule is CN1CCN(c2nc(-c3ccc(Cl)c(Cl)c3)nc(C(Cl)(Cl)Cl)n2)CC1. The number of hydrogen-bond donors (Lipinski definition) is 0. The Kier molecular flexibility index (Phi) is 5.83. The van der Waals surface area contributed by atoms with Crippen LogP contribution < -0.4 is 4.90 Å². The third-order valence-corrected chi connectivity index (χ3v) is 5.09. The van der Waals surface area contributed by atoms with Gasteiger partial charge >= 0.3 is 0 Å². The maximum Gasteiger partial charge on any atom is 0.250 e. The normalized spacial score (nSPS) is 16.3. The molecule has 1 saturated heterocycles. The number of nitrogens with zero attached hydrogens (tertiary/aromatic N) is 5. The number of aromatic nitrogens is 3. The van der Waals surface area contributed by atoms with Gasteiger partial charge in [-0.1, -0.05) is 58.0 Å². The van der Waals surface area contributed by atoms with Gasteiger partial charge in [0.25, 0.3) is 0 Å². The first-order valence-electron chi connectivity index (χ1n) is 7.46. The summed E-state index contributed by atoms with van der Waals surface area (Å²) >= 11 is 30.1. The largest absolute Gasteiger partial charge is 0.338 e. The number of piperazine rings is 1. The van der Waals surface area contributed by atoms with Gasteiger partial charge in [0.05, 0.1) is 10.0 Å². The van der Waals surface area contributed by atoms with Crippen molar-refractivity contribution in [3.05, 3.63) is 34.1 Å². The van der Waals surface area contributed by atoms with E-state index in [0.29, 0.717) is 27.4 Å². The fraction of sp³-hybridized carbons (Fsp3) is 0.400. The van der Waals surface area contributed by atoms with E-state index in [1.165, 1.54) is 0 Å². The van der Waals surface area contributed by atoms with Crippen LogP contribution in [0.15, 0.2) is 18.2 Å². The van der Waals surface area contributed by atoms with Crippen molar-refractivity contribution in [1.82, 2.24) is 19.9 Å². The van der Waals surface area contributed by atoms with Crippen LogP contribution in [-0.4, -0.2) is 53.1 Å². The molecule has 0 unspecified atom stereocenters. The third kappa shape index (κ3) is 4.59. The number of halogens is 5. The zero-order chi connectivity index (χ0) is 18.2. The molecule has 1 aliphatic rings. The van der Waals surface area contributed by atoms with Crippen molar-refractivity contribution in [3.8, 4) is 11.4 Å². The predicted octanol–water partition coefficient (Wildman–Crippen LogP) is 4.42. The van der Waals surface area contributed by atoms with Gasteiger partial charge in [0.15, 0.2) is 11.6 Å². The fourth-order valence-electron chi connectivity index (χ4n) is 2.40. The number of anilines is 1. The molecule has 0 saturated carbocycles. The van der Waals surface area contributed by atoms with E-state index in [1.807, 2.05) is 4.90 Å². The second-order valence-electron chi connectivity index (χ2n) is 5.70. The number of benzene rings is 1. The second kappa shape index (κ2) is 7.59. The van der Waals surface area contributed by atoms with Crippen molar-refractivity contribution >= 4 is 64.0 Å². The minimum atomic E-state index is -1.75. The third-order valence-electron chi connectivity index (χ3n) is 3.84. The molecule has 1 aromatic carbocycles. The number of rotatable bonds is 2. The molecule has 25 heavy (non-hydrogen) atoms. The molecule has 0 radical (unpaired) electrons. The lowest BCUT2D eigenvalue weighted by Crippen LogP contribution is -2.45. The molecular weight excluding hydrogens is 427 g/mol. The van der Waals surface area contributed by atoms with Crippen molar-refractivity contribution in [2.45, 2.75) is 3.79 Å². The molecule has 1 fully saturated rings. The van der Waals surface area contributed by atoms with E-state index in [9.17, 15) is 0 Å². The number of hydrogen-bond acceptors (Lipinski definition) is 5. The number of alkyl halides is 3. The van der Waals surface area contributed by atoms with Crippen LogP contribution in [0.2, 0.25) is 10.0 Å². The minimum Gasteiger partial charge on any atom is -0.338 e. The molecule has 1 aromatic heterocycles. The van der Waals surface area contributed by atoms with Gasteiger partial charge in [-0.2, -0.15) is 9.97 Å². The van der Waals surface area contributed by atoms with E-state index in [1.54, 1.807) is 18.2 Å². The van der Waals surface area contributed by atoms with Crippen LogP contribution in [0, 0.1) is 0 Å². The van der Waals surface area contributed by atoms with Gasteiger partial charge in [0.1, 0.15) is 0 Å². The summed E-state index contributed by atoms with van der Waals surface area (Å²) in [5.74, 6) is 0.928. The van der Waals surface area contributed by atoms with E-state index < -0.39 is 3.79 Å². The Morgan fingerprint density at radius 2 is 1.60 bits per heavy atom. The van der Waals surface area contributed by atoms with Crippen molar-refractivity contribution < 1.29 is 0 Å². The van der Waals surface area contributed by atoms with Crippen LogP contribution in [-0.2, 0) is 3.79 Å². The van der Waals surface area contributed by atoms with Crippen molar-refractivity contribution in [1.29, 1.82) is 0 Å². The lowest BCUT2D eigenvalue weighted by Gasteiger charge is -2.32. The topological polar surface area (TPSA) is 45.2 Å². The monoisotopic (exact) mass is 439 g/mol. The first-order chi connectivity index (χ1) is 11.7. The zero-order valence-corrected chi connectivity index (χ0v) is 17.0. The predicted molar refractivity (Wildman–Crippen MR) is 104 cm³/mol. The molecule has 0 spiro atoms. The highest BCUT2D eigenvalue weighted by molar-refractivity contribution is 6.66. The summed E-state index contributed by atoms with van der Waals surface area (Å²) in [4.78, 5) is 17.5. The molecule has 0 atom stereocenters. The van der Waals surface area contributed by atoms with Gasteiger partial charge < -0.3 is 9.80 Å². The average molecular weight is 442 g/mol. The van der Waals surface area contributed by atoms with Gasteiger partial charge in [0, 0.05) is 31.7 Å². The summed E-state index contributed by atoms with van der Waals surface area (Å²) < 4.78 is -1.75. The van der Waals surface area contributed by atoms with Crippen LogP contribution >= 0.6 is 58.0 Å². The summed E-state index contributed by atoms with van der Waals surface area (Å²) in [6.07, 6.45) is 0. The first-order valence-corrected chi connectivity index (χ1v) is 9.35. The van der Waals surface area contributed by atoms with E-state index in [-0.39, 0.29) is 5.82 Å². The molecule has 2 heterocycles. The fourth-order valence-corrected chi connectivity index (χ4v) is 2.96. The Hall–Kier alpha value is -0.560. The summed E-state index contributed by atoms with van der Waals surface area (Å²) in [5, 5.41) is 0.844. The van der Waals surface area contributed by atoms with Crippen molar-refractivity contribution in [2.24, 2.45) is 0 Å². The Morgan fingerprint density at radius 1 is 0.920 bits per heavy atom. The van der Waals surface area contributed by atoms with E-state index in [0.717, 1.165) is 26.2 Å². The van der Waals surface area contributed by atoms with Crippen LogP contribution in [0.5, 0.6) is 0 Å². The molecule has 0 amide bonds. The summed E-state index contributed by atoms with van der Waals surface area (Å²) in [5.41, 5.74) is 0.669. The van der Waals surface area contributed by atoms with E-state index in [4.69, 9.17) is 58.0 Å².